The highest BCUT2D eigenvalue weighted by Crippen LogP contribution is 2.43. The van der Waals surface area contributed by atoms with Crippen LogP contribution in [0.1, 0.15) is 56.2 Å². The fraction of sp³-hybridized carbons (Fsp3) is 0.312. The fourth-order valence-electron chi connectivity index (χ4n) is 5.28. The Bertz CT molecular complexity index is 1340. The molecule has 7 nitrogen and oxygen atoms in total. The predicted molar refractivity (Wildman–Crippen MR) is 152 cm³/mol. The molecular weight excluding hydrogens is 492 g/mol. The van der Waals surface area contributed by atoms with Crippen LogP contribution in [0.2, 0.25) is 0 Å². The number of hydrogen-bond acceptors (Lipinski definition) is 6. The minimum absolute atomic E-state index is 0.00548. The Morgan fingerprint density at radius 2 is 1.51 bits per heavy atom. The Labute approximate surface area is 228 Å². The van der Waals surface area contributed by atoms with Crippen LogP contribution in [0.4, 0.5) is 11.4 Å². The van der Waals surface area contributed by atoms with E-state index >= 15 is 0 Å². The molecule has 39 heavy (non-hydrogen) atoms. The third-order valence-corrected chi connectivity index (χ3v) is 7.40. The molecule has 0 saturated carbocycles. The summed E-state index contributed by atoms with van der Waals surface area (Å²) in [5, 5.41) is 21.2. The Kier molecular flexibility index (Phi) is 7.87. The second-order valence-corrected chi connectivity index (χ2v) is 10.1. The summed E-state index contributed by atoms with van der Waals surface area (Å²) in [6, 6.07) is 20.0. The van der Waals surface area contributed by atoms with Gasteiger partial charge in [-0.05, 0) is 85.5 Å². The topological polar surface area (TPSA) is 90.3 Å². The van der Waals surface area contributed by atoms with Crippen LogP contribution in [0.5, 0.6) is 11.5 Å². The second-order valence-electron chi connectivity index (χ2n) is 10.1. The van der Waals surface area contributed by atoms with Crippen LogP contribution in [0.25, 0.3) is 5.76 Å². The van der Waals surface area contributed by atoms with Crippen molar-refractivity contribution in [3.8, 4) is 11.5 Å². The maximum absolute atomic E-state index is 13.4. The van der Waals surface area contributed by atoms with Crippen molar-refractivity contribution in [2.45, 2.75) is 45.1 Å². The number of aliphatic hydroxyl groups is 1. The van der Waals surface area contributed by atoms with Gasteiger partial charge in [0.25, 0.3) is 11.7 Å². The van der Waals surface area contributed by atoms with Gasteiger partial charge in [0.05, 0.1) is 18.2 Å². The summed E-state index contributed by atoms with van der Waals surface area (Å²) in [5.41, 5.74) is 2.67. The van der Waals surface area contributed by atoms with Crippen molar-refractivity contribution in [2.24, 2.45) is 0 Å². The first-order valence-electron chi connectivity index (χ1n) is 13.7. The molecule has 1 amide bonds. The van der Waals surface area contributed by atoms with E-state index in [0.29, 0.717) is 29.2 Å². The van der Waals surface area contributed by atoms with Crippen molar-refractivity contribution in [3.63, 3.8) is 0 Å². The van der Waals surface area contributed by atoms with Crippen LogP contribution >= 0.6 is 0 Å². The van der Waals surface area contributed by atoms with Gasteiger partial charge in [0.2, 0.25) is 0 Å². The molecule has 1 unspecified atom stereocenters. The summed E-state index contributed by atoms with van der Waals surface area (Å²) in [4.78, 5) is 30.6. The van der Waals surface area contributed by atoms with Gasteiger partial charge < -0.3 is 19.8 Å². The standard InChI is InChI=1S/C32H34N2O5/c1-2-3-6-21-39-27-17-9-23(10-18-27)30(36)28-29(22-7-15-26(35)16-8-22)34(32(38)31(28)37)25-13-11-24(12-14-25)33-19-4-5-20-33/h7-18,29,35-36H,2-6,19-21H2,1H3/b30-28+. The highest BCUT2D eigenvalue weighted by molar-refractivity contribution is 6.51. The Balaban J connectivity index is 1.50. The molecule has 0 aliphatic carbocycles. The summed E-state index contributed by atoms with van der Waals surface area (Å²) in [6.45, 7) is 4.75. The van der Waals surface area contributed by atoms with Gasteiger partial charge in [-0.25, -0.2) is 0 Å². The van der Waals surface area contributed by atoms with Gasteiger partial charge in [0.15, 0.2) is 0 Å². The van der Waals surface area contributed by atoms with E-state index in [4.69, 9.17) is 4.74 Å². The molecule has 2 fully saturated rings. The van der Waals surface area contributed by atoms with E-state index in [0.717, 1.165) is 50.9 Å². The molecule has 1 atom stereocenters. The van der Waals surface area contributed by atoms with Gasteiger partial charge in [-0.15, -0.1) is 0 Å². The quantitative estimate of drug-likeness (QED) is 0.150. The Hall–Kier alpha value is -4.26. The van der Waals surface area contributed by atoms with Crippen molar-refractivity contribution in [1.82, 2.24) is 0 Å². The highest BCUT2D eigenvalue weighted by atomic mass is 16.5. The average molecular weight is 527 g/mol. The van der Waals surface area contributed by atoms with Gasteiger partial charge in [-0.3, -0.25) is 14.5 Å². The largest absolute Gasteiger partial charge is 0.508 e. The summed E-state index contributed by atoms with van der Waals surface area (Å²) in [7, 11) is 0. The number of hydrogen-bond donors (Lipinski definition) is 2. The monoisotopic (exact) mass is 526 g/mol. The van der Waals surface area contributed by atoms with E-state index in [1.165, 1.54) is 17.0 Å². The Morgan fingerprint density at radius 1 is 0.872 bits per heavy atom. The first-order chi connectivity index (χ1) is 19.0. The number of aromatic hydroxyl groups is 1. The van der Waals surface area contributed by atoms with Gasteiger partial charge in [0.1, 0.15) is 17.3 Å². The smallest absolute Gasteiger partial charge is 0.300 e. The first-order valence-corrected chi connectivity index (χ1v) is 13.7. The number of aliphatic hydroxyl groups excluding tert-OH is 1. The van der Waals surface area contributed by atoms with Crippen LogP contribution in [0, 0.1) is 0 Å². The van der Waals surface area contributed by atoms with E-state index in [-0.39, 0.29) is 17.1 Å². The van der Waals surface area contributed by atoms with E-state index in [1.54, 1.807) is 36.4 Å². The molecule has 0 radical (unpaired) electrons. The molecular formula is C32H34N2O5. The van der Waals surface area contributed by atoms with Gasteiger partial charge in [-0.1, -0.05) is 31.9 Å². The highest BCUT2D eigenvalue weighted by Gasteiger charge is 2.47. The molecule has 2 aliphatic rings. The number of carbonyl (C=O) groups is 2. The SMILES string of the molecule is CCCCCOc1ccc(/C(O)=C2\C(=O)C(=O)N(c3ccc(N4CCCC4)cc3)C2c2ccc(O)cc2)cc1. The lowest BCUT2D eigenvalue weighted by Gasteiger charge is -2.26. The molecule has 2 heterocycles. The maximum Gasteiger partial charge on any atom is 0.300 e. The number of ketones is 1. The third-order valence-electron chi connectivity index (χ3n) is 7.40. The number of anilines is 2. The number of amides is 1. The normalized spacial score (nSPS) is 18.6. The van der Waals surface area contributed by atoms with E-state index in [9.17, 15) is 19.8 Å². The van der Waals surface area contributed by atoms with E-state index in [1.807, 2.05) is 24.3 Å². The van der Waals surface area contributed by atoms with Gasteiger partial charge in [0, 0.05) is 30.0 Å². The fourth-order valence-corrected chi connectivity index (χ4v) is 5.28. The summed E-state index contributed by atoms with van der Waals surface area (Å²) >= 11 is 0. The number of benzene rings is 3. The molecule has 7 heteroatoms. The van der Waals surface area contributed by atoms with Crippen molar-refractivity contribution >= 4 is 28.8 Å². The lowest BCUT2D eigenvalue weighted by Crippen LogP contribution is -2.29. The predicted octanol–water partition coefficient (Wildman–Crippen LogP) is 6.19. The molecule has 2 N–H and O–H groups in total. The molecule has 0 spiro atoms. The van der Waals surface area contributed by atoms with E-state index < -0.39 is 17.7 Å². The molecule has 0 bridgehead atoms. The molecule has 3 aromatic carbocycles. The van der Waals surface area contributed by atoms with Crippen LogP contribution in [0.3, 0.4) is 0 Å². The molecule has 0 aromatic heterocycles. The zero-order chi connectivity index (χ0) is 27.4. The van der Waals surface area contributed by atoms with E-state index in [2.05, 4.69) is 11.8 Å². The molecule has 2 saturated heterocycles. The minimum Gasteiger partial charge on any atom is -0.508 e. The number of Topliss-reactive ketones (excluding diaryl/α,β-unsaturated/α-hetero) is 1. The van der Waals surface area contributed by atoms with Gasteiger partial charge in [-0.2, -0.15) is 0 Å². The Morgan fingerprint density at radius 3 is 2.15 bits per heavy atom. The zero-order valence-corrected chi connectivity index (χ0v) is 22.2. The summed E-state index contributed by atoms with van der Waals surface area (Å²) in [6.07, 6.45) is 5.48. The van der Waals surface area contributed by atoms with Crippen molar-refractivity contribution in [2.75, 3.05) is 29.5 Å². The number of carbonyl (C=O) groups excluding carboxylic acids is 2. The number of phenolic OH excluding ortho intramolecular Hbond substituents is 1. The van der Waals surface area contributed by atoms with Crippen molar-refractivity contribution < 1.29 is 24.5 Å². The number of unbranched alkanes of at least 4 members (excludes halogenated alkanes) is 2. The van der Waals surface area contributed by atoms with Crippen molar-refractivity contribution in [3.05, 3.63) is 89.5 Å². The summed E-state index contributed by atoms with van der Waals surface area (Å²) < 4.78 is 5.78. The molecule has 5 rings (SSSR count). The van der Waals surface area contributed by atoms with Crippen LogP contribution in [0.15, 0.2) is 78.4 Å². The molecule has 2 aliphatic heterocycles. The average Bonchev–Trinajstić information content (AvgIpc) is 3.59. The van der Waals surface area contributed by atoms with Crippen LogP contribution in [-0.4, -0.2) is 41.6 Å². The lowest BCUT2D eigenvalue weighted by atomic mass is 9.95. The number of ether oxygens (including phenoxy) is 1. The summed E-state index contributed by atoms with van der Waals surface area (Å²) in [5.74, 6) is -0.967. The maximum atomic E-state index is 13.4. The third kappa shape index (κ3) is 5.48. The molecule has 202 valence electrons. The molecule has 3 aromatic rings. The minimum atomic E-state index is -0.854. The van der Waals surface area contributed by atoms with Crippen LogP contribution in [-0.2, 0) is 9.59 Å². The lowest BCUT2D eigenvalue weighted by molar-refractivity contribution is -0.132. The number of phenols is 1. The number of nitrogens with zero attached hydrogens (tertiary/aromatic N) is 2. The van der Waals surface area contributed by atoms with Crippen molar-refractivity contribution in [1.29, 1.82) is 0 Å². The van der Waals surface area contributed by atoms with Gasteiger partial charge >= 0.3 is 0 Å². The number of rotatable bonds is 9. The first kappa shape index (κ1) is 26.4. The second kappa shape index (κ2) is 11.6. The zero-order valence-electron chi connectivity index (χ0n) is 22.2. The van der Waals surface area contributed by atoms with Crippen LogP contribution < -0.4 is 14.5 Å².